The lowest BCUT2D eigenvalue weighted by molar-refractivity contribution is -0.133. The highest BCUT2D eigenvalue weighted by atomic mass is 35.5. The Morgan fingerprint density at radius 2 is 1.73 bits per heavy atom. The number of carbonyl (C=O) groups is 1. The van der Waals surface area contributed by atoms with E-state index in [1.54, 1.807) is 0 Å². The Morgan fingerprint density at radius 3 is 2.42 bits per heavy atom. The lowest BCUT2D eigenvalue weighted by atomic mass is 10.1. The predicted octanol–water partition coefficient (Wildman–Crippen LogP) is 5.17. The Morgan fingerprint density at radius 1 is 1.00 bits per heavy atom. The highest BCUT2D eigenvalue weighted by Crippen LogP contribution is 2.13. The molecule has 1 amide bonds. The van der Waals surface area contributed by atoms with Crippen LogP contribution in [0.4, 0.5) is 0 Å². The monoisotopic (exact) mass is 378 g/mol. The van der Waals surface area contributed by atoms with Gasteiger partial charge in [-0.2, -0.15) is 0 Å². The Labute approximate surface area is 164 Å². The quantitative estimate of drug-likeness (QED) is 0.468. The van der Waals surface area contributed by atoms with Gasteiger partial charge in [0, 0.05) is 24.5 Å². The first-order valence-electron chi connectivity index (χ1n) is 10.4. The van der Waals surface area contributed by atoms with Crippen molar-refractivity contribution < 1.29 is 4.79 Å². The number of hydrogen-bond donors (Lipinski definition) is 0. The maximum absolute atomic E-state index is 11.8. The standard InChI is InChI=1S/C22H35ClN2O/c1-2-15-24(16-5-3-9-20-11-13-21(23)14-12-20)17-7-8-19-25-18-6-4-10-22(25)26/h11-14H,2-10,15-19H2,1H3. The van der Waals surface area contributed by atoms with Crippen LogP contribution in [-0.4, -0.2) is 48.4 Å². The minimum atomic E-state index is 0.365. The Kier molecular flexibility index (Phi) is 10.1. The molecule has 0 spiro atoms. The van der Waals surface area contributed by atoms with Gasteiger partial charge in [-0.15, -0.1) is 0 Å². The predicted molar refractivity (Wildman–Crippen MR) is 111 cm³/mol. The number of rotatable bonds is 12. The molecule has 3 nitrogen and oxygen atoms in total. The summed E-state index contributed by atoms with van der Waals surface area (Å²) in [5.74, 6) is 0.365. The van der Waals surface area contributed by atoms with Gasteiger partial charge in [-0.05, 0) is 88.7 Å². The van der Waals surface area contributed by atoms with Gasteiger partial charge in [0.1, 0.15) is 0 Å². The highest BCUT2D eigenvalue weighted by Gasteiger charge is 2.17. The summed E-state index contributed by atoms with van der Waals surface area (Å²) in [6, 6.07) is 8.22. The Balaban J connectivity index is 1.58. The molecule has 0 aromatic heterocycles. The van der Waals surface area contributed by atoms with Crippen molar-refractivity contribution in [3.63, 3.8) is 0 Å². The molecule has 26 heavy (non-hydrogen) atoms. The third kappa shape index (κ3) is 8.09. The second-order valence-electron chi connectivity index (χ2n) is 7.47. The topological polar surface area (TPSA) is 23.6 Å². The van der Waals surface area contributed by atoms with Gasteiger partial charge >= 0.3 is 0 Å². The summed E-state index contributed by atoms with van der Waals surface area (Å²) in [5, 5.41) is 0.814. The van der Waals surface area contributed by atoms with Gasteiger partial charge in [0.15, 0.2) is 0 Å². The van der Waals surface area contributed by atoms with Crippen molar-refractivity contribution in [1.29, 1.82) is 0 Å². The van der Waals surface area contributed by atoms with Crippen LogP contribution in [0.2, 0.25) is 5.02 Å². The van der Waals surface area contributed by atoms with Gasteiger partial charge in [-0.25, -0.2) is 0 Å². The van der Waals surface area contributed by atoms with Gasteiger partial charge < -0.3 is 9.80 Å². The summed E-state index contributed by atoms with van der Waals surface area (Å²) in [6.45, 7) is 7.72. The number of halogens is 1. The molecule has 0 atom stereocenters. The number of unbranched alkanes of at least 4 members (excludes halogenated alkanes) is 2. The van der Waals surface area contributed by atoms with E-state index in [0.717, 1.165) is 50.3 Å². The number of hydrogen-bond acceptors (Lipinski definition) is 2. The summed E-state index contributed by atoms with van der Waals surface area (Å²) in [6.07, 6.45) is 10.2. The molecular weight excluding hydrogens is 344 g/mol. The van der Waals surface area contributed by atoms with E-state index in [9.17, 15) is 4.79 Å². The molecular formula is C22H35ClN2O. The van der Waals surface area contributed by atoms with E-state index in [2.05, 4.69) is 28.9 Å². The Hall–Kier alpha value is -1.06. The zero-order chi connectivity index (χ0) is 18.6. The highest BCUT2D eigenvalue weighted by molar-refractivity contribution is 6.30. The molecule has 0 saturated carbocycles. The molecule has 0 aliphatic carbocycles. The van der Waals surface area contributed by atoms with Crippen molar-refractivity contribution in [2.75, 3.05) is 32.7 Å². The fraction of sp³-hybridized carbons (Fsp3) is 0.682. The number of nitrogens with zero attached hydrogens (tertiary/aromatic N) is 2. The molecule has 0 unspecified atom stereocenters. The SMILES string of the molecule is CCCN(CCCCc1ccc(Cl)cc1)CCCCN1CCCCC1=O. The van der Waals surface area contributed by atoms with Crippen molar-refractivity contribution in [1.82, 2.24) is 9.80 Å². The first-order chi connectivity index (χ1) is 12.7. The van der Waals surface area contributed by atoms with E-state index < -0.39 is 0 Å². The molecule has 1 fully saturated rings. The van der Waals surface area contributed by atoms with Crippen molar-refractivity contribution in [2.45, 2.75) is 64.7 Å². The second kappa shape index (κ2) is 12.3. The molecule has 1 heterocycles. The second-order valence-corrected chi connectivity index (χ2v) is 7.91. The maximum Gasteiger partial charge on any atom is 0.222 e. The number of benzene rings is 1. The van der Waals surface area contributed by atoms with Gasteiger partial charge in [0.2, 0.25) is 5.91 Å². The van der Waals surface area contributed by atoms with E-state index in [1.165, 1.54) is 50.8 Å². The number of aryl methyl sites for hydroxylation is 1. The van der Waals surface area contributed by atoms with Crippen LogP contribution in [0.15, 0.2) is 24.3 Å². The molecule has 2 rings (SSSR count). The summed E-state index contributed by atoms with van der Waals surface area (Å²) >= 11 is 5.94. The first kappa shape index (κ1) is 21.2. The summed E-state index contributed by atoms with van der Waals surface area (Å²) in [4.78, 5) is 16.5. The molecule has 146 valence electrons. The van der Waals surface area contributed by atoms with Crippen molar-refractivity contribution in [2.24, 2.45) is 0 Å². The molecule has 4 heteroatoms. The Bertz CT molecular complexity index is 517. The summed E-state index contributed by atoms with van der Waals surface area (Å²) in [5.41, 5.74) is 1.38. The van der Waals surface area contributed by atoms with Crippen LogP contribution in [0.25, 0.3) is 0 Å². The van der Waals surface area contributed by atoms with Gasteiger partial charge in [-0.3, -0.25) is 4.79 Å². The normalized spacial score (nSPS) is 15.0. The first-order valence-corrected chi connectivity index (χ1v) is 10.8. The summed E-state index contributed by atoms with van der Waals surface area (Å²) in [7, 11) is 0. The van der Waals surface area contributed by atoms with Crippen molar-refractivity contribution >= 4 is 17.5 Å². The van der Waals surface area contributed by atoms with Crippen LogP contribution in [0.3, 0.4) is 0 Å². The minimum absolute atomic E-state index is 0.365. The van der Waals surface area contributed by atoms with Gasteiger partial charge in [0.05, 0.1) is 0 Å². The van der Waals surface area contributed by atoms with Gasteiger partial charge in [-0.1, -0.05) is 30.7 Å². The van der Waals surface area contributed by atoms with Gasteiger partial charge in [0.25, 0.3) is 0 Å². The van der Waals surface area contributed by atoms with Crippen molar-refractivity contribution in [3.8, 4) is 0 Å². The molecule has 1 aromatic carbocycles. The van der Waals surface area contributed by atoms with Crippen LogP contribution in [0, 0.1) is 0 Å². The van der Waals surface area contributed by atoms with E-state index in [-0.39, 0.29) is 0 Å². The summed E-state index contributed by atoms with van der Waals surface area (Å²) < 4.78 is 0. The molecule has 0 N–H and O–H groups in total. The third-order valence-corrected chi connectivity index (χ3v) is 5.47. The molecule has 0 bridgehead atoms. The van der Waals surface area contributed by atoms with E-state index in [4.69, 9.17) is 11.6 Å². The zero-order valence-electron chi connectivity index (χ0n) is 16.4. The number of piperidine rings is 1. The smallest absolute Gasteiger partial charge is 0.222 e. The van der Waals surface area contributed by atoms with E-state index in [0.29, 0.717) is 5.91 Å². The lowest BCUT2D eigenvalue weighted by Crippen LogP contribution is -2.36. The molecule has 1 aliphatic heterocycles. The van der Waals surface area contributed by atoms with Crippen LogP contribution in [0.1, 0.15) is 63.9 Å². The largest absolute Gasteiger partial charge is 0.343 e. The maximum atomic E-state index is 11.8. The van der Waals surface area contributed by atoms with Crippen LogP contribution in [-0.2, 0) is 11.2 Å². The van der Waals surface area contributed by atoms with Crippen LogP contribution in [0.5, 0.6) is 0 Å². The number of likely N-dealkylation sites (tertiary alicyclic amines) is 1. The molecule has 1 aromatic rings. The number of carbonyl (C=O) groups excluding carboxylic acids is 1. The van der Waals surface area contributed by atoms with Crippen LogP contribution >= 0.6 is 11.6 Å². The van der Waals surface area contributed by atoms with E-state index >= 15 is 0 Å². The fourth-order valence-corrected chi connectivity index (χ4v) is 3.83. The fourth-order valence-electron chi connectivity index (χ4n) is 3.70. The van der Waals surface area contributed by atoms with E-state index in [1.807, 2.05) is 12.1 Å². The molecule has 0 radical (unpaired) electrons. The zero-order valence-corrected chi connectivity index (χ0v) is 17.1. The molecule has 1 aliphatic rings. The number of amides is 1. The van der Waals surface area contributed by atoms with Crippen LogP contribution < -0.4 is 0 Å². The average Bonchev–Trinajstić information content (AvgIpc) is 2.65. The lowest BCUT2D eigenvalue weighted by Gasteiger charge is -2.27. The average molecular weight is 379 g/mol. The minimum Gasteiger partial charge on any atom is -0.343 e. The third-order valence-electron chi connectivity index (χ3n) is 5.22. The molecule has 1 saturated heterocycles. The van der Waals surface area contributed by atoms with Crippen molar-refractivity contribution in [3.05, 3.63) is 34.9 Å².